The van der Waals surface area contributed by atoms with E-state index < -0.39 is 0 Å². The summed E-state index contributed by atoms with van der Waals surface area (Å²) in [7, 11) is 0. The predicted molar refractivity (Wildman–Crippen MR) is 79.8 cm³/mol. The third kappa shape index (κ3) is 3.05. The molecule has 0 aromatic heterocycles. The van der Waals surface area contributed by atoms with Gasteiger partial charge in [0, 0.05) is 14.5 Å². The molecule has 0 heterocycles. The van der Waals surface area contributed by atoms with Gasteiger partial charge in [-0.05, 0) is 41.5 Å². The lowest BCUT2D eigenvalue weighted by atomic mass is 9.99. The van der Waals surface area contributed by atoms with Crippen molar-refractivity contribution in [2.75, 3.05) is 0 Å². The molecule has 1 unspecified atom stereocenters. The highest BCUT2D eigenvalue weighted by atomic mass is 79.9. The van der Waals surface area contributed by atoms with E-state index in [4.69, 9.17) is 29.0 Å². The molecule has 18 heavy (non-hydrogen) atoms. The van der Waals surface area contributed by atoms with E-state index in [0.29, 0.717) is 10.0 Å². The summed E-state index contributed by atoms with van der Waals surface area (Å²) in [4.78, 5) is 0. The van der Waals surface area contributed by atoms with Gasteiger partial charge < -0.3 is 0 Å². The van der Waals surface area contributed by atoms with E-state index >= 15 is 0 Å². The number of hydrazine groups is 1. The molecule has 5 heteroatoms. The number of hydrogen-bond donors (Lipinski definition) is 2. The zero-order chi connectivity index (χ0) is 13.1. The lowest BCUT2D eigenvalue weighted by molar-refractivity contribution is 0.637. The van der Waals surface area contributed by atoms with Crippen LogP contribution in [-0.4, -0.2) is 0 Å². The van der Waals surface area contributed by atoms with E-state index in [9.17, 15) is 0 Å². The van der Waals surface area contributed by atoms with Crippen LogP contribution in [0.3, 0.4) is 0 Å². The molecular formula is C13H11BrCl2N2. The number of nitrogens with one attached hydrogen (secondary N) is 1. The van der Waals surface area contributed by atoms with E-state index in [1.54, 1.807) is 12.1 Å². The number of benzene rings is 2. The van der Waals surface area contributed by atoms with Gasteiger partial charge in [0.05, 0.1) is 6.04 Å². The van der Waals surface area contributed by atoms with Crippen molar-refractivity contribution in [3.63, 3.8) is 0 Å². The molecule has 0 saturated carbocycles. The van der Waals surface area contributed by atoms with E-state index in [0.717, 1.165) is 15.6 Å². The number of halogens is 3. The summed E-state index contributed by atoms with van der Waals surface area (Å²) in [6, 6.07) is 13.0. The van der Waals surface area contributed by atoms with Crippen molar-refractivity contribution in [1.82, 2.24) is 5.43 Å². The summed E-state index contributed by atoms with van der Waals surface area (Å²) < 4.78 is 1.01. The number of nitrogens with two attached hydrogens (primary N) is 1. The Bertz CT molecular complexity index is 543. The van der Waals surface area contributed by atoms with Crippen molar-refractivity contribution in [2.24, 2.45) is 5.84 Å². The zero-order valence-electron chi connectivity index (χ0n) is 9.33. The van der Waals surface area contributed by atoms with Gasteiger partial charge in [-0.25, -0.2) is 5.43 Å². The molecule has 0 aliphatic heterocycles. The van der Waals surface area contributed by atoms with Crippen LogP contribution >= 0.6 is 39.1 Å². The maximum absolute atomic E-state index is 6.19. The van der Waals surface area contributed by atoms with Crippen LogP contribution in [0, 0.1) is 0 Å². The minimum atomic E-state index is -0.190. The quantitative estimate of drug-likeness (QED) is 0.642. The van der Waals surface area contributed by atoms with E-state index in [1.165, 1.54) is 0 Å². The summed E-state index contributed by atoms with van der Waals surface area (Å²) in [6.45, 7) is 0. The van der Waals surface area contributed by atoms with Crippen molar-refractivity contribution in [1.29, 1.82) is 0 Å². The van der Waals surface area contributed by atoms with Gasteiger partial charge in [-0.3, -0.25) is 5.84 Å². The van der Waals surface area contributed by atoms with Crippen LogP contribution in [0.4, 0.5) is 0 Å². The van der Waals surface area contributed by atoms with Gasteiger partial charge in [0.2, 0.25) is 0 Å². The molecule has 0 saturated heterocycles. The molecule has 0 aliphatic carbocycles. The molecule has 2 nitrogen and oxygen atoms in total. The molecule has 0 aliphatic rings. The lowest BCUT2D eigenvalue weighted by Gasteiger charge is -2.18. The Morgan fingerprint density at radius 1 is 1.06 bits per heavy atom. The molecule has 2 aromatic rings. The second-order valence-corrected chi connectivity index (χ2v) is 5.58. The van der Waals surface area contributed by atoms with E-state index in [1.807, 2.05) is 30.3 Å². The summed E-state index contributed by atoms with van der Waals surface area (Å²) in [5, 5.41) is 1.26. The molecule has 2 aromatic carbocycles. The first-order chi connectivity index (χ1) is 8.61. The van der Waals surface area contributed by atoms with Crippen LogP contribution in [-0.2, 0) is 0 Å². The Morgan fingerprint density at radius 2 is 1.72 bits per heavy atom. The zero-order valence-corrected chi connectivity index (χ0v) is 12.4. The Morgan fingerprint density at radius 3 is 2.33 bits per heavy atom. The predicted octanol–water partition coefficient (Wildman–Crippen LogP) is 4.31. The average molecular weight is 346 g/mol. The molecule has 0 spiro atoms. The van der Waals surface area contributed by atoms with Crippen molar-refractivity contribution < 1.29 is 0 Å². The fraction of sp³-hybridized carbons (Fsp3) is 0.0769. The molecule has 3 N–H and O–H groups in total. The maximum Gasteiger partial charge on any atom is 0.0725 e. The monoisotopic (exact) mass is 344 g/mol. The van der Waals surface area contributed by atoms with Crippen LogP contribution in [0.2, 0.25) is 10.0 Å². The smallest absolute Gasteiger partial charge is 0.0725 e. The first-order valence-corrected chi connectivity index (χ1v) is 6.83. The molecule has 0 fully saturated rings. The summed E-state index contributed by atoms with van der Waals surface area (Å²) in [6.07, 6.45) is 0. The third-order valence-corrected chi connectivity index (χ3v) is 3.75. The molecule has 1 atom stereocenters. The summed E-state index contributed by atoms with van der Waals surface area (Å²) in [5.41, 5.74) is 4.64. The lowest BCUT2D eigenvalue weighted by Crippen LogP contribution is -2.29. The first-order valence-electron chi connectivity index (χ1n) is 5.28. The second kappa shape index (κ2) is 6.04. The molecule has 94 valence electrons. The van der Waals surface area contributed by atoms with Crippen molar-refractivity contribution in [2.45, 2.75) is 6.04 Å². The molecule has 2 rings (SSSR count). The van der Waals surface area contributed by atoms with E-state index in [2.05, 4.69) is 21.4 Å². The highest BCUT2D eigenvalue weighted by Gasteiger charge is 2.15. The minimum Gasteiger partial charge on any atom is -0.271 e. The maximum atomic E-state index is 6.19. The molecule has 0 radical (unpaired) electrons. The van der Waals surface area contributed by atoms with Gasteiger partial charge in [-0.1, -0.05) is 51.3 Å². The highest BCUT2D eigenvalue weighted by molar-refractivity contribution is 9.10. The van der Waals surface area contributed by atoms with Crippen LogP contribution in [0.25, 0.3) is 0 Å². The Hall–Kier alpha value is -0.580. The third-order valence-electron chi connectivity index (χ3n) is 2.64. The van der Waals surface area contributed by atoms with Crippen molar-refractivity contribution in [3.05, 3.63) is 68.1 Å². The fourth-order valence-electron chi connectivity index (χ4n) is 1.76. The summed E-state index contributed by atoms with van der Waals surface area (Å²) in [5.74, 6) is 5.63. The molecule has 0 bridgehead atoms. The van der Waals surface area contributed by atoms with Crippen molar-refractivity contribution >= 4 is 39.1 Å². The Balaban J connectivity index is 2.44. The second-order valence-electron chi connectivity index (χ2n) is 3.82. The van der Waals surface area contributed by atoms with Gasteiger partial charge >= 0.3 is 0 Å². The topological polar surface area (TPSA) is 38.0 Å². The van der Waals surface area contributed by atoms with Crippen LogP contribution in [0.5, 0.6) is 0 Å². The highest BCUT2D eigenvalue weighted by Crippen LogP contribution is 2.30. The van der Waals surface area contributed by atoms with E-state index in [-0.39, 0.29) is 6.04 Å². The molecular weight excluding hydrogens is 335 g/mol. The van der Waals surface area contributed by atoms with Gasteiger partial charge in [0.25, 0.3) is 0 Å². The minimum absolute atomic E-state index is 0.190. The van der Waals surface area contributed by atoms with Gasteiger partial charge in [0.1, 0.15) is 0 Å². The summed E-state index contributed by atoms with van der Waals surface area (Å²) >= 11 is 15.6. The SMILES string of the molecule is NNC(c1ccc(Br)cc1)c1cc(Cl)ccc1Cl. The largest absolute Gasteiger partial charge is 0.271 e. The number of hydrogen-bond acceptors (Lipinski definition) is 2. The van der Waals surface area contributed by atoms with Gasteiger partial charge in [0.15, 0.2) is 0 Å². The van der Waals surface area contributed by atoms with Gasteiger partial charge in [-0.15, -0.1) is 0 Å². The fourth-order valence-corrected chi connectivity index (χ4v) is 2.43. The first kappa shape index (κ1) is 13.8. The molecule has 0 amide bonds. The van der Waals surface area contributed by atoms with Crippen LogP contribution < -0.4 is 11.3 Å². The van der Waals surface area contributed by atoms with Crippen LogP contribution in [0.1, 0.15) is 17.2 Å². The number of rotatable bonds is 3. The van der Waals surface area contributed by atoms with Crippen molar-refractivity contribution in [3.8, 4) is 0 Å². The van der Waals surface area contributed by atoms with Crippen LogP contribution in [0.15, 0.2) is 46.9 Å². The average Bonchev–Trinajstić information content (AvgIpc) is 2.37. The normalized spacial score (nSPS) is 12.4. The standard InChI is InChI=1S/C13H11BrCl2N2/c14-9-3-1-8(2-4-9)13(18-17)11-7-10(15)5-6-12(11)16/h1-7,13,18H,17H2. The Kier molecular flexibility index (Phi) is 4.65. The van der Waals surface area contributed by atoms with Gasteiger partial charge in [-0.2, -0.15) is 0 Å². The Labute approximate surface area is 124 Å².